The van der Waals surface area contributed by atoms with Gasteiger partial charge in [0.25, 0.3) is 5.69 Å². The molecule has 0 aromatic heterocycles. The molecule has 3 atom stereocenters. The highest BCUT2D eigenvalue weighted by Gasteiger charge is 2.38. The van der Waals surface area contributed by atoms with Crippen LogP contribution in [0.1, 0.15) is 29.5 Å². The van der Waals surface area contributed by atoms with Crippen LogP contribution in [0.25, 0.3) is 11.1 Å². The van der Waals surface area contributed by atoms with E-state index in [0.29, 0.717) is 5.92 Å². The number of halogens is 1. The van der Waals surface area contributed by atoms with Crippen molar-refractivity contribution in [2.24, 2.45) is 5.92 Å². The summed E-state index contributed by atoms with van der Waals surface area (Å²) < 4.78 is 0. The minimum absolute atomic E-state index is 0.000965. The topological polar surface area (TPSA) is 55.2 Å². The number of anilines is 1. The molecule has 0 saturated carbocycles. The Hall–Kier alpha value is -3.11. The largest absolute Gasteiger partial charge is 0.378 e. The van der Waals surface area contributed by atoms with Gasteiger partial charge in [0.05, 0.1) is 11.0 Å². The van der Waals surface area contributed by atoms with Crippen LogP contribution >= 0.6 is 11.6 Å². The lowest BCUT2D eigenvalue weighted by atomic mass is 9.76. The van der Waals surface area contributed by atoms with Crippen molar-refractivity contribution < 1.29 is 4.92 Å². The Morgan fingerprint density at radius 2 is 1.83 bits per heavy atom. The summed E-state index contributed by atoms with van der Waals surface area (Å²) in [6.07, 6.45) is 5.43. The van der Waals surface area contributed by atoms with E-state index in [1.165, 1.54) is 16.7 Å². The van der Waals surface area contributed by atoms with E-state index in [-0.39, 0.29) is 22.7 Å². The fraction of sp³-hybridized carbons (Fsp3) is 0.167. The molecule has 5 rings (SSSR count). The third-order valence-electron chi connectivity index (χ3n) is 6.00. The number of nitrogens with zero attached hydrogens (tertiary/aromatic N) is 1. The first-order chi connectivity index (χ1) is 14.1. The van der Waals surface area contributed by atoms with Crippen LogP contribution < -0.4 is 5.32 Å². The van der Waals surface area contributed by atoms with Crippen molar-refractivity contribution in [1.82, 2.24) is 0 Å². The van der Waals surface area contributed by atoms with Gasteiger partial charge in [-0.2, -0.15) is 0 Å². The van der Waals surface area contributed by atoms with Gasteiger partial charge in [0, 0.05) is 17.7 Å². The van der Waals surface area contributed by atoms with Crippen molar-refractivity contribution >= 4 is 23.0 Å². The molecular weight excluding hydrogens is 384 g/mol. The number of nitro benzene ring substituents is 1. The molecule has 0 unspecified atom stereocenters. The summed E-state index contributed by atoms with van der Waals surface area (Å²) in [5.74, 6) is 0.601. The Kier molecular flexibility index (Phi) is 4.36. The Morgan fingerprint density at radius 1 is 1.00 bits per heavy atom. The fourth-order valence-electron chi connectivity index (χ4n) is 4.60. The molecule has 0 radical (unpaired) electrons. The van der Waals surface area contributed by atoms with Crippen molar-refractivity contribution in [2.45, 2.75) is 18.4 Å². The summed E-state index contributed by atoms with van der Waals surface area (Å²) in [6.45, 7) is 0. The number of fused-ring (bicyclic) bond motifs is 3. The zero-order valence-corrected chi connectivity index (χ0v) is 16.3. The summed E-state index contributed by atoms with van der Waals surface area (Å²) in [5.41, 5.74) is 5.62. The van der Waals surface area contributed by atoms with E-state index in [4.69, 9.17) is 11.6 Å². The van der Waals surface area contributed by atoms with Crippen LogP contribution in [-0.4, -0.2) is 4.92 Å². The molecule has 0 fully saturated rings. The van der Waals surface area contributed by atoms with Crippen LogP contribution in [0.15, 0.2) is 78.9 Å². The van der Waals surface area contributed by atoms with E-state index in [1.54, 1.807) is 12.1 Å². The minimum Gasteiger partial charge on any atom is -0.378 e. The Balaban J connectivity index is 1.56. The Bertz CT molecular complexity index is 1130. The monoisotopic (exact) mass is 402 g/mol. The number of hydrogen-bond acceptors (Lipinski definition) is 3. The van der Waals surface area contributed by atoms with Gasteiger partial charge in [0.15, 0.2) is 0 Å². The normalized spacial score (nSPS) is 21.9. The summed E-state index contributed by atoms with van der Waals surface area (Å²) in [7, 11) is 0. The maximum atomic E-state index is 11.3. The first kappa shape index (κ1) is 18.0. The van der Waals surface area contributed by atoms with Crippen molar-refractivity contribution in [3.05, 3.63) is 105 Å². The molecule has 1 aliphatic carbocycles. The number of rotatable bonds is 3. The zero-order valence-electron chi connectivity index (χ0n) is 15.6. The number of nitrogens with one attached hydrogen (secondary N) is 1. The second-order valence-corrected chi connectivity index (χ2v) is 8.02. The molecule has 0 bridgehead atoms. The van der Waals surface area contributed by atoms with Crippen LogP contribution in [0.3, 0.4) is 0 Å². The molecule has 4 nitrogen and oxygen atoms in total. The average Bonchev–Trinajstić information content (AvgIpc) is 3.24. The van der Waals surface area contributed by atoms with Gasteiger partial charge in [-0.1, -0.05) is 66.2 Å². The zero-order chi connectivity index (χ0) is 20.0. The number of hydrogen-bond donors (Lipinski definition) is 1. The number of nitro groups is 1. The highest BCUT2D eigenvalue weighted by Crippen LogP contribution is 2.51. The Labute approximate surface area is 174 Å². The average molecular weight is 403 g/mol. The van der Waals surface area contributed by atoms with E-state index in [0.717, 1.165) is 17.7 Å². The molecule has 0 saturated heterocycles. The van der Waals surface area contributed by atoms with Crippen LogP contribution in [0.2, 0.25) is 5.02 Å². The second-order valence-electron chi connectivity index (χ2n) is 7.61. The van der Waals surface area contributed by atoms with Crippen molar-refractivity contribution in [2.75, 3.05) is 5.32 Å². The lowest BCUT2D eigenvalue weighted by Crippen LogP contribution is -2.29. The van der Waals surface area contributed by atoms with Gasteiger partial charge in [0.2, 0.25) is 0 Å². The van der Waals surface area contributed by atoms with Gasteiger partial charge in [-0.25, -0.2) is 0 Å². The van der Waals surface area contributed by atoms with E-state index in [2.05, 4.69) is 59.9 Å². The van der Waals surface area contributed by atoms with Gasteiger partial charge in [-0.05, 0) is 52.8 Å². The molecule has 3 aromatic carbocycles. The molecule has 0 spiro atoms. The number of allylic oxidation sites excluding steroid dienone is 2. The fourth-order valence-corrected chi connectivity index (χ4v) is 4.78. The maximum absolute atomic E-state index is 11.3. The smallest absolute Gasteiger partial charge is 0.288 e. The quantitative estimate of drug-likeness (QED) is 0.300. The molecule has 3 aromatic rings. The van der Waals surface area contributed by atoms with Crippen LogP contribution in [0.4, 0.5) is 11.4 Å². The molecule has 2 aliphatic rings. The first-order valence-corrected chi connectivity index (χ1v) is 10.1. The first-order valence-electron chi connectivity index (χ1n) is 9.68. The lowest BCUT2D eigenvalue weighted by Gasteiger charge is -2.37. The van der Waals surface area contributed by atoms with E-state index >= 15 is 0 Å². The van der Waals surface area contributed by atoms with Crippen LogP contribution in [0, 0.1) is 16.0 Å². The summed E-state index contributed by atoms with van der Waals surface area (Å²) in [5, 5.41) is 15.2. The standard InChI is InChI=1S/C24H19ClN2O2/c25-21-11-9-17(14-23(21)27(28)29)24-19-8-4-7-18(19)20-13-16(10-12-22(20)26-24)15-5-2-1-3-6-15/h1-7,9-14,18-19,24,26H,8H2/t18-,19+,24-/m0/s1. The van der Waals surface area contributed by atoms with E-state index in [9.17, 15) is 10.1 Å². The number of benzene rings is 3. The minimum atomic E-state index is -0.418. The molecular formula is C24H19ClN2O2. The lowest BCUT2D eigenvalue weighted by molar-refractivity contribution is -0.384. The van der Waals surface area contributed by atoms with Crippen molar-refractivity contribution in [3.63, 3.8) is 0 Å². The van der Waals surface area contributed by atoms with Crippen LogP contribution in [-0.2, 0) is 0 Å². The van der Waals surface area contributed by atoms with Gasteiger partial charge in [-0.3, -0.25) is 10.1 Å². The third-order valence-corrected chi connectivity index (χ3v) is 6.32. The van der Waals surface area contributed by atoms with Crippen molar-refractivity contribution in [1.29, 1.82) is 0 Å². The summed E-state index contributed by atoms with van der Waals surface area (Å²) in [6, 6.07) is 22.0. The van der Waals surface area contributed by atoms with Gasteiger partial charge in [-0.15, -0.1) is 0 Å². The van der Waals surface area contributed by atoms with E-state index in [1.807, 2.05) is 12.1 Å². The molecule has 144 valence electrons. The highest BCUT2D eigenvalue weighted by atomic mass is 35.5. The van der Waals surface area contributed by atoms with Gasteiger partial charge >= 0.3 is 0 Å². The molecule has 1 heterocycles. The SMILES string of the molecule is O=[N+]([O-])c1cc([C@@H]2Nc3ccc(-c4ccccc4)cc3[C@H]3C=CC[C@H]32)ccc1Cl. The summed E-state index contributed by atoms with van der Waals surface area (Å²) >= 11 is 6.02. The predicted octanol–water partition coefficient (Wildman–Crippen LogP) is 6.74. The second kappa shape index (κ2) is 7.05. The molecule has 5 heteroatoms. The summed E-state index contributed by atoms with van der Waals surface area (Å²) in [4.78, 5) is 10.9. The van der Waals surface area contributed by atoms with Gasteiger partial charge < -0.3 is 5.32 Å². The maximum Gasteiger partial charge on any atom is 0.288 e. The molecule has 0 amide bonds. The predicted molar refractivity (Wildman–Crippen MR) is 116 cm³/mol. The molecule has 1 N–H and O–H groups in total. The van der Waals surface area contributed by atoms with Crippen LogP contribution in [0.5, 0.6) is 0 Å². The Morgan fingerprint density at radius 3 is 2.62 bits per heavy atom. The van der Waals surface area contributed by atoms with E-state index < -0.39 is 4.92 Å². The molecule has 29 heavy (non-hydrogen) atoms. The van der Waals surface area contributed by atoms with Crippen molar-refractivity contribution in [3.8, 4) is 11.1 Å². The molecule has 1 aliphatic heterocycles. The van der Waals surface area contributed by atoms with Gasteiger partial charge in [0.1, 0.15) is 5.02 Å². The highest BCUT2D eigenvalue weighted by molar-refractivity contribution is 6.32. The third kappa shape index (κ3) is 3.10.